The molecule has 2 unspecified atom stereocenters. The van der Waals surface area contributed by atoms with E-state index in [1.165, 1.54) is 24.2 Å². The zero-order chi connectivity index (χ0) is 21.4. The van der Waals surface area contributed by atoms with Gasteiger partial charge in [-0.3, -0.25) is 9.69 Å². The van der Waals surface area contributed by atoms with Crippen LogP contribution in [-0.2, 0) is 4.79 Å². The number of hydrogen-bond acceptors (Lipinski definition) is 3. The molecule has 3 amide bonds. The molecule has 6 nitrogen and oxygen atoms in total. The van der Waals surface area contributed by atoms with Crippen LogP contribution in [0.3, 0.4) is 0 Å². The monoisotopic (exact) mass is 450 g/mol. The Bertz CT molecular complexity index is 888. The van der Waals surface area contributed by atoms with E-state index in [0.717, 1.165) is 25.2 Å². The van der Waals surface area contributed by atoms with Crippen molar-refractivity contribution in [3.63, 3.8) is 0 Å². The molecule has 0 saturated carbocycles. The number of likely N-dealkylation sites (N-methyl/N-ethyl adjacent to an activating group) is 1. The van der Waals surface area contributed by atoms with E-state index >= 15 is 0 Å². The lowest BCUT2D eigenvalue weighted by Gasteiger charge is -2.33. The summed E-state index contributed by atoms with van der Waals surface area (Å²) in [6, 6.07) is 5.07. The molecule has 0 spiro atoms. The van der Waals surface area contributed by atoms with E-state index in [1.807, 2.05) is 11.0 Å². The lowest BCUT2D eigenvalue weighted by Crippen LogP contribution is -2.45. The van der Waals surface area contributed by atoms with Crippen LogP contribution < -0.4 is 5.32 Å². The van der Waals surface area contributed by atoms with E-state index in [1.54, 1.807) is 19.2 Å². The van der Waals surface area contributed by atoms with Crippen molar-refractivity contribution in [1.82, 2.24) is 20.0 Å². The largest absolute Gasteiger partial charge is 0.333 e. The molecule has 0 aliphatic carbocycles. The predicted molar refractivity (Wildman–Crippen MR) is 119 cm³/mol. The van der Waals surface area contributed by atoms with Crippen molar-refractivity contribution in [1.29, 1.82) is 0 Å². The summed E-state index contributed by atoms with van der Waals surface area (Å²) in [6.07, 6.45) is 4.73. The summed E-state index contributed by atoms with van der Waals surface area (Å²) in [5, 5.41) is 3.69. The van der Waals surface area contributed by atoms with Gasteiger partial charge in [-0.15, -0.1) is 0 Å². The number of halogens is 2. The van der Waals surface area contributed by atoms with Gasteiger partial charge in [-0.1, -0.05) is 41.8 Å². The Morgan fingerprint density at radius 3 is 2.73 bits per heavy atom. The first-order valence-electron chi connectivity index (χ1n) is 10.6. The fourth-order valence-electron chi connectivity index (χ4n) is 4.74. The molecule has 3 aliphatic heterocycles. The first kappa shape index (κ1) is 21.5. The summed E-state index contributed by atoms with van der Waals surface area (Å²) in [5.74, 6) is -0.0374. The van der Waals surface area contributed by atoms with Crippen LogP contribution >= 0.6 is 23.2 Å². The Kier molecular flexibility index (Phi) is 6.28. The third-order valence-electron chi connectivity index (χ3n) is 6.54. The number of amides is 3. The molecule has 1 N–H and O–H groups in total. The number of likely N-dealkylation sites (tertiary alicyclic amines) is 1. The van der Waals surface area contributed by atoms with E-state index in [-0.39, 0.29) is 11.9 Å². The van der Waals surface area contributed by atoms with E-state index in [2.05, 4.69) is 17.1 Å². The van der Waals surface area contributed by atoms with Crippen LogP contribution in [0.25, 0.3) is 0 Å². The molecule has 3 aliphatic rings. The van der Waals surface area contributed by atoms with Gasteiger partial charge in [0.15, 0.2) is 0 Å². The molecule has 162 valence electrons. The fourth-order valence-corrected chi connectivity index (χ4v) is 5.15. The summed E-state index contributed by atoms with van der Waals surface area (Å²) in [5.41, 5.74) is 1.99. The lowest BCUT2D eigenvalue weighted by atomic mass is 9.95. The highest BCUT2D eigenvalue weighted by molar-refractivity contribution is 6.42. The Morgan fingerprint density at radius 1 is 1.17 bits per heavy atom. The summed E-state index contributed by atoms with van der Waals surface area (Å²) in [4.78, 5) is 31.8. The topological polar surface area (TPSA) is 55.9 Å². The number of nitrogens with one attached hydrogen (secondary N) is 1. The van der Waals surface area contributed by atoms with Gasteiger partial charge in [0.1, 0.15) is 0 Å². The van der Waals surface area contributed by atoms with Gasteiger partial charge in [-0.25, -0.2) is 4.79 Å². The number of urea groups is 1. The van der Waals surface area contributed by atoms with Gasteiger partial charge in [0.25, 0.3) is 5.91 Å². The second kappa shape index (κ2) is 8.77. The Labute approximate surface area is 187 Å². The van der Waals surface area contributed by atoms with Crippen LogP contribution in [-0.4, -0.2) is 65.9 Å². The summed E-state index contributed by atoms with van der Waals surface area (Å²) in [6.45, 7) is 5.54. The van der Waals surface area contributed by atoms with Gasteiger partial charge < -0.3 is 15.1 Å². The third-order valence-corrected chi connectivity index (χ3v) is 7.38. The average molecular weight is 451 g/mol. The van der Waals surface area contributed by atoms with Crippen molar-refractivity contribution >= 4 is 35.1 Å². The normalized spacial score (nSPS) is 25.1. The maximum Gasteiger partial charge on any atom is 0.322 e. The number of nitrogens with zero attached hydrogens (tertiary/aromatic N) is 3. The second-order valence-electron chi connectivity index (χ2n) is 8.41. The van der Waals surface area contributed by atoms with Crippen LogP contribution in [0.5, 0.6) is 0 Å². The van der Waals surface area contributed by atoms with E-state index in [4.69, 9.17) is 23.2 Å². The minimum atomic E-state index is -0.588. The van der Waals surface area contributed by atoms with Crippen LogP contribution in [0, 0.1) is 0 Å². The SMILES string of the molecule is CC1CCCCN1CCCN1CC2=C(C1=O)C(c1cccc(Cl)c1Cl)NC(=O)N2C. The molecule has 1 saturated heterocycles. The molecule has 1 aromatic rings. The first-order chi connectivity index (χ1) is 14.4. The van der Waals surface area contributed by atoms with Crippen LogP contribution in [0.2, 0.25) is 10.0 Å². The van der Waals surface area contributed by atoms with Crippen molar-refractivity contribution in [3.05, 3.63) is 45.1 Å². The van der Waals surface area contributed by atoms with Crippen molar-refractivity contribution < 1.29 is 9.59 Å². The van der Waals surface area contributed by atoms with Gasteiger partial charge in [-0.05, 0) is 44.4 Å². The highest BCUT2D eigenvalue weighted by Gasteiger charge is 2.43. The van der Waals surface area contributed by atoms with E-state index in [0.29, 0.717) is 40.3 Å². The van der Waals surface area contributed by atoms with Crippen molar-refractivity contribution in [3.8, 4) is 0 Å². The van der Waals surface area contributed by atoms with Crippen molar-refractivity contribution in [2.75, 3.05) is 33.2 Å². The Hall–Kier alpha value is -1.76. The molecular weight excluding hydrogens is 423 g/mol. The zero-order valence-electron chi connectivity index (χ0n) is 17.5. The number of piperidine rings is 1. The molecule has 0 radical (unpaired) electrons. The quantitative estimate of drug-likeness (QED) is 0.735. The lowest BCUT2D eigenvalue weighted by molar-refractivity contribution is -0.125. The van der Waals surface area contributed by atoms with Crippen LogP contribution in [0.1, 0.15) is 44.2 Å². The van der Waals surface area contributed by atoms with Gasteiger partial charge in [0, 0.05) is 26.2 Å². The molecule has 2 atom stereocenters. The van der Waals surface area contributed by atoms with Gasteiger partial charge in [-0.2, -0.15) is 0 Å². The summed E-state index contributed by atoms with van der Waals surface area (Å²) >= 11 is 12.6. The number of rotatable bonds is 5. The van der Waals surface area contributed by atoms with Crippen molar-refractivity contribution in [2.45, 2.75) is 44.7 Å². The fraction of sp³-hybridized carbons (Fsp3) is 0.545. The van der Waals surface area contributed by atoms with Gasteiger partial charge in [0.05, 0.1) is 33.9 Å². The smallest absolute Gasteiger partial charge is 0.322 e. The first-order valence-corrected chi connectivity index (χ1v) is 11.4. The van der Waals surface area contributed by atoms with Gasteiger partial charge in [0.2, 0.25) is 0 Å². The molecule has 30 heavy (non-hydrogen) atoms. The number of hydrogen-bond donors (Lipinski definition) is 1. The minimum Gasteiger partial charge on any atom is -0.333 e. The van der Waals surface area contributed by atoms with Crippen molar-refractivity contribution in [2.24, 2.45) is 0 Å². The molecular formula is C22H28Cl2N4O2. The van der Waals surface area contributed by atoms with E-state index in [9.17, 15) is 9.59 Å². The molecule has 8 heteroatoms. The summed E-state index contributed by atoms with van der Waals surface area (Å²) in [7, 11) is 1.70. The highest BCUT2D eigenvalue weighted by Crippen LogP contribution is 2.39. The summed E-state index contributed by atoms with van der Waals surface area (Å²) < 4.78 is 0. The maximum atomic E-state index is 13.3. The highest BCUT2D eigenvalue weighted by atomic mass is 35.5. The molecule has 4 rings (SSSR count). The average Bonchev–Trinajstić information content (AvgIpc) is 3.05. The predicted octanol–water partition coefficient (Wildman–Crippen LogP) is 4.05. The van der Waals surface area contributed by atoms with Crippen LogP contribution in [0.4, 0.5) is 4.79 Å². The molecule has 1 aromatic carbocycles. The second-order valence-corrected chi connectivity index (χ2v) is 9.19. The number of carbonyl (C=O) groups excluding carboxylic acids is 2. The molecule has 1 fully saturated rings. The van der Waals surface area contributed by atoms with Crippen LogP contribution in [0.15, 0.2) is 29.5 Å². The molecule has 0 aromatic heterocycles. The molecule has 3 heterocycles. The van der Waals surface area contributed by atoms with Gasteiger partial charge >= 0.3 is 6.03 Å². The Morgan fingerprint density at radius 2 is 1.97 bits per heavy atom. The molecule has 0 bridgehead atoms. The number of benzene rings is 1. The maximum absolute atomic E-state index is 13.3. The Balaban J connectivity index is 1.50. The third kappa shape index (κ3) is 3.93. The number of carbonyl (C=O) groups is 2. The van der Waals surface area contributed by atoms with E-state index < -0.39 is 6.04 Å². The minimum absolute atomic E-state index is 0.0374. The standard InChI is InChI=1S/C22H28Cl2N4O2/c1-14-7-3-4-10-27(14)11-6-12-28-13-17-18(21(28)29)20(25-22(30)26(17)2)15-8-5-9-16(23)19(15)24/h5,8-9,14,20H,3-4,6-7,10-13H2,1-2H3,(H,25,30). The zero-order valence-corrected chi connectivity index (χ0v) is 19.0.